The van der Waals surface area contributed by atoms with Crippen LogP contribution in [0.2, 0.25) is 0 Å². The molecule has 0 bridgehead atoms. The summed E-state index contributed by atoms with van der Waals surface area (Å²) in [5, 5.41) is 6.20. The van der Waals surface area contributed by atoms with Gasteiger partial charge in [0.05, 0.1) is 0 Å². The molecule has 0 spiro atoms. The van der Waals surface area contributed by atoms with Gasteiger partial charge in [-0.2, -0.15) is 17.5 Å². The highest BCUT2D eigenvalue weighted by atomic mass is 127. The second-order valence-electron chi connectivity index (χ2n) is 5.03. The molecule has 1 aliphatic heterocycles. The largest absolute Gasteiger partial charge is 0.511 e. The van der Waals surface area contributed by atoms with Crippen LogP contribution in [0.4, 0.5) is 13.2 Å². The van der Waals surface area contributed by atoms with Gasteiger partial charge in [-0.3, -0.25) is 4.99 Å². The summed E-state index contributed by atoms with van der Waals surface area (Å²) < 4.78 is 60.6. The van der Waals surface area contributed by atoms with E-state index in [-0.39, 0.29) is 43.1 Å². The summed E-state index contributed by atoms with van der Waals surface area (Å²) in [7, 11) is -5.22. The van der Waals surface area contributed by atoms with Crippen molar-refractivity contribution in [1.82, 2.24) is 14.9 Å². The summed E-state index contributed by atoms with van der Waals surface area (Å²) in [6, 6.07) is -0.0886. The molecule has 0 unspecified atom stereocenters. The predicted molar refractivity (Wildman–Crippen MR) is 94.4 cm³/mol. The van der Waals surface area contributed by atoms with Gasteiger partial charge in [0, 0.05) is 32.2 Å². The molecule has 0 amide bonds. The minimum Gasteiger partial charge on any atom is -0.357 e. The number of aliphatic imine (C=N–C) groups is 1. The Morgan fingerprint density at radius 3 is 2.26 bits per heavy atom. The normalized spacial score (nSPS) is 18.4. The van der Waals surface area contributed by atoms with Crippen LogP contribution in [0.15, 0.2) is 4.99 Å². The van der Waals surface area contributed by atoms with Crippen LogP contribution in [0.25, 0.3) is 0 Å². The molecule has 1 fully saturated rings. The van der Waals surface area contributed by atoms with E-state index in [9.17, 15) is 21.6 Å². The summed E-state index contributed by atoms with van der Waals surface area (Å²) in [6.07, 6.45) is 1.51. The number of alkyl halides is 3. The first-order chi connectivity index (χ1) is 10.2. The van der Waals surface area contributed by atoms with Gasteiger partial charge in [-0.25, -0.2) is 8.42 Å². The standard InChI is InChI=1S/C12H23F3N4O2S.HI/c1-3-7-17-11(16-4-2)18-10-5-8-19(9-6-10)22(20,21)12(13,14)15;/h10H,3-9H2,1-2H3,(H2,16,17,18);1H. The van der Waals surface area contributed by atoms with E-state index in [1.807, 2.05) is 13.8 Å². The molecule has 0 radical (unpaired) electrons. The van der Waals surface area contributed by atoms with E-state index in [1.165, 1.54) is 0 Å². The zero-order valence-electron chi connectivity index (χ0n) is 13.2. The van der Waals surface area contributed by atoms with Crippen LogP contribution in [0.1, 0.15) is 33.1 Å². The number of nitrogens with one attached hydrogen (secondary N) is 2. The van der Waals surface area contributed by atoms with Crippen molar-refractivity contribution in [2.24, 2.45) is 4.99 Å². The number of piperidine rings is 1. The van der Waals surface area contributed by atoms with Gasteiger partial charge in [-0.1, -0.05) is 6.92 Å². The lowest BCUT2D eigenvalue weighted by molar-refractivity contribution is -0.0494. The molecule has 0 aromatic rings. The third kappa shape index (κ3) is 6.61. The van der Waals surface area contributed by atoms with E-state index in [4.69, 9.17) is 0 Å². The van der Waals surface area contributed by atoms with Crippen LogP contribution in [0.3, 0.4) is 0 Å². The van der Waals surface area contributed by atoms with Gasteiger partial charge in [0.25, 0.3) is 0 Å². The first-order valence-electron chi connectivity index (χ1n) is 7.33. The van der Waals surface area contributed by atoms with Gasteiger partial charge in [0.1, 0.15) is 0 Å². The molecule has 23 heavy (non-hydrogen) atoms. The van der Waals surface area contributed by atoms with Gasteiger partial charge < -0.3 is 10.6 Å². The van der Waals surface area contributed by atoms with E-state index in [1.54, 1.807) is 0 Å². The summed E-state index contributed by atoms with van der Waals surface area (Å²) in [5.41, 5.74) is -5.23. The number of nitrogens with zero attached hydrogens (tertiary/aromatic N) is 2. The molecule has 1 rings (SSSR count). The monoisotopic (exact) mass is 472 g/mol. The zero-order chi connectivity index (χ0) is 16.8. The third-order valence-corrected chi connectivity index (χ3v) is 4.89. The minimum atomic E-state index is -5.23. The van der Waals surface area contributed by atoms with Gasteiger partial charge in [-0.05, 0) is 26.2 Å². The van der Waals surface area contributed by atoms with Crippen LogP contribution in [-0.4, -0.2) is 56.4 Å². The van der Waals surface area contributed by atoms with Crippen molar-refractivity contribution in [2.45, 2.75) is 44.7 Å². The maximum Gasteiger partial charge on any atom is 0.511 e. The minimum absolute atomic E-state index is 0. The molecule has 1 heterocycles. The van der Waals surface area contributed by atoms with Crippen molar-refractivity contribution in [3.63, 3.8) is 0 Å². The number of hydrogen-bond donors (Lipinski definition) is 2. The fourth-order valence-electron chi connectivity index (χ4n) is 2.12. The molecule has 1 saturated heterocycles. The molecule has 1 aliphatic rings. The first-order valence-corrected chi connectivity index (χ1v) is 8.77. The average Bonchev–Trinajstić information content (AvgIpc) is 2.44. The van der Waals surface area contributed by atoms with Crippen molar-refractivity contribution >= 4 is 40.0 Å². The van der Waals surface area contributed by atoms with Crippen LogP contribution in [0, 0.1) is 0 Å². The molecule has 0 aromatic heterocycles. The summed E-state index contributed by atoms with van der Waals surface area (Å²) in [5.74, 6) is 0.612. The van der Waals surface area contributed by atoms with Crippen LogP contribution in [-0.2, 0) is 10.0 Å². The smallest absolute Gasteiger partial charge is 0.357 e. The van der Waals surface area contributed by atoms with Crippen molar-refractivity contribution in [1.29, 1.82) is 0 Å². The summed E-state index contributed by atoms with van der Waals surface area (Å²) in [6.45, 7) is 4.95. The summed E-state index contributed by atoms with van der Waals surface area (Å²) >= 11 is 0. The molecule has 0 aromatic carbocycles. The third-order valence-electron chi connectivity index (χ3n) is 3.26. The maximum absolute atomic E-state index is 12.5. The van der Waals surface area contributed by atoms with Gasteiger partial charge >= 0.3 is 15.5 Å². The van der Waals surface area contributed by atoms with E-state index in [0.29, 0.717) is 36.2 Å². The van der Waals surface area contributed by atoms with Crippen molar-refractivity contribution < 1.29 is 21.6 Å². The lowest BCUT2D eigenvalue weighted by Crippen LogP contribution is -2.51. The number of halogens is 4. The van der Waals surface area contributed by atoms with Crippen molar-refractivity contribution in [2.75, 3.05) is 26.2 Å². The van der Waals surface area contributed by atoms with Gasteiger partial charge in [0.2, 0.25) is 0 Å². The molecule has 0 aliphatic carbocycles. The fraction of sp³-hybridized carbons (Fsp3) is 0.917. The Hall–Kier alpha value is -0.300. The highest BCUT2D eigenvalue weighted by Gasteiger charge is 2.50. The molecule has 2 N–H and O–H groups in total. The number of guanidine groups is 1. The van der Waals surface area contributed by atoms with Crippen LogP contribution >= 0.6 is 24.0 Å². The zero-order valence-corrected chi connectivity index (χ0v) is 16.3. The van der Waals surface area contributed by atoms with Gasteiger partial charge in [0.15, 0.2) is 5.96 Å². The lowest BCUT2D eigenvalue weighted by Gasteiger charge is -2.32. The van der Waals surface area contributed by atoms with Crippen molar-refractivity contribution in [3.05, 3.63) is 0 Å². The molecule has 0 saturated carbocycles. The van der Waals surface area contributed by atoms with E-state index < -0.39 is 15.5 Å². The molecule has 138 valence electrons. The number of sulfonamides is 1. The first kappa shape index (κ1) is 22.7. The quantitative estimate of drug-likeness (QED) is 0.364. The second kappa shape index (κ2) is 9.87. The Balaban J connectivity index is 0.00000484. The Labute approximate surface area is 152 Å². The van der Waals surface area contributed by atoms with Crippen LogP contribution < -0.4 is 10.6 Å². The molecule has 6 nitrogen and oxygen atoms in total. The SMILES string of the molecule is CCCN=C(NCC)NC1CCN(S(=O)(=O)C(F)(F)F)CC1.I. The van der Waals surface area contributed by atoms with Gasteiger partial charge in [-0.15, -0.1) is 24.0 Å². The fourth-order valence-corrected chi connectivity index (χ4v) is 3.11. The Morgan fingerprint density at radius 1 is 1.26 bits per heavy atom. The maximum atomic E-state index is 12.5. The predicted octanol–water partition coefficient (Wildman–Crippen LogP) is 1.88. The molecular formula is C12H24F3IN4O2S. The highest BCUT2D eigenvalue weighted by Crippen LogP contribution is 2.28. The summed E-state index contributed by atoms with van der Waals surface area (Å²) in [4.78, 5) is 4.32. The van der Waals surface area contributed by atoms with Crippen LogP contribution in [0.5, 0.6) is 0 Å². The Bertz CT molecular complexity index is 477. The number of rotatable bonds is 5. The lowest BCUT2D eigenvalue weighted by atomic mass is 10.1. The van der Waals surface area contributed by atoms with Crippen molar-refractivity contribution in [3.8, 4) is 0 Å². The molecular weight excluding hydrogens is 448 g/mol. The molecule has 0 atom stereocenters. The highest BCUT2D eigenvalue weighted by molar-refractivity contribution is 14.0. The Morgan fingerprint density at radius 2 is 1.83 bits per heavy atom. The van der Waals surface area contributed by atoms with E-state index in [0.717, 1.165) is 6.42 Å². The molecule has 11 heteroatoms. The average molecular weight is 472 g/mol. The number of hydrogen-bond acceptors (Lipinski definition) is 3. The van der Waals surface area contributed by atoms with E-state index >= 15 is 0 Å². The Kier molecular flexibility index (Phi) is 9.74. The second-order valence-corrected chi connectivity index (χ2v) is 6.96. The van der Waals surface area contributed by atoms with E-state index in [2.05, 4.69) is 15.6 Å². The topological polar surface area (TPSA) is 73.8 Å².